The highest BCUT2D eigenvalue weighted by atomic mass is 16.5. The Morgan fingerprint density at radius 3 is 2.58 bits per heavy atom. The average molecular weight is 421 g/mol. The van der Waals surface area contributed by atoms with Gasteiger partial charge < -0.3 is 15.0 Å². The standard InChI is InChI=1S/C26H32N2O3/c1-3-4-5-11-17-27-25(29)23(26(30)28(2)21-12-7-6-8-13-21)19-20-16-18-31-24-15-10-9-14-22(20)24/h6-10,12-15,19,23H,3-5,11,16-18H2,1-2H3,(H,27,29)/b20-19+. The van der Waals surface area contributed by atoms with Gasteiger partial charge in [0.15, 0.2) is 0 Å². The zero-order valence-corrected chi connectivity index (χ0v) is 18.5. The minimum absolute atomic E-state index is 0.242. The monoisotopic (exact) mass is 420 g/mol. The molecule has 1 aliphatic rings. The number of hydrogen-bond acceptors (Lipinski definition) is 3. The van der Waals surface area contributed by atoms with E-state index in [9.17, 15) is 9.59 Å². The molecule has 0 bridgehead atoms. The molecule has 1 aliphatic heterocycles. The van der Waals surface area contributed by atoms with E-state index in [1.54, 1.807) is 11.9 Å². The zero-order chi connectivity index (χ0) is 22.1. The predicted octanol–water partition coefficient (Wildman–Crippen LogP) is 4.83. The minimum Gasteiger partial charge on any atom is -0.493 e. The summed E-state index contributed by atoms with van der Waals surface area (Å²) in [5.74, 6) is -0.588. The maximum atomic E-state index is 13.4. The maximum Gasteiger partial charge on any atom is 0.243 e. The van der Waals surface area contributed by atoms with Crippen LogP contribution in [-0.2, 0) is 9.59 Å². The molecule has 2 amide bonds. The quantitative estimate of drug-likeness (QED) is 0.467. The number of nitrogens with one attached hydrogen (secondary N) is 1. The molecule has 1 unspecified atom stereocenters. The molecule has 1 N–H and O–H groups in total. The highest BCUT2D eigenvalue weighted by Gasteiger charge is 2.29. The summed E-state index contributed by atoms with van der Waals surface area (Å²) in [6.45, 7) is 3.28. The van der Waals surface area contributed by atoms with Crippen LogP contribution in [-0.4, -0.2) is 32.0 Å². The van der Waals surface area contributed by atoms with Crippen LogP contribution in [0.5, 0.6) is 5.75 Å². The molecule has 1 heterocycles. The van der Waals surface area contributed by atoms with Crippen molar-refractivity contribution in [2.45, 2.75) is 39.0 Å². The van der Waals surface area contributed by atoms with Crippen molar-refractivity contribution >= 4 is 23.1 Å². The van der Waals surface area contributed by atoms with Gasteiger partial charge in [-0.3, -0.25) is 9.59 Å². The number of amides is 2. The SMILES string of the molecule is CCCCCCNC(=O)C(/C=C1\CCOc2ccccc21)C(=O)N(C)c1ccccc1. The second-order valence-electron chi connectivity index (χ2n) is 7.85. The predicted molar refractivity (Wildman–Crippen MR) is 125 cm³/mol. The van der Waals surface area contributed by atoms with Crippen molar-refractivity contribution in [2.24, 2.45) is 5.92 Å². The lowest BCUT2D eigenvalue weighted by Crippen LogP contribution is -2.42. The third kappa shape index (κ3) is 5.97. The molecule has 0 fully saturated rings. The molecule has 5 heteroatoms. The Kier molecular flexibility index (Phi) is 8.27. The van der Waals surface area contributed by atoms with Gasteiger partial charge in [-0.2, -0.15) is 0 Å². The number of para-hydroxylation sites is 2. The van der Waals surface area contributed by atoms with E-state index in [0.717, 1.165) is 48.3 Å². The smallest absolute Gasteiger partial charge is 0.243 e. The summed E-state index contributed by atoms with van der Waals surface area (Å²) < 4.78 is 5.74. The van der Waals surface area contributed by atoms with Gasteiger partial charge in [-0.1, -0.05) is 68.7 Å². The fourth-order valence-corrected chi connectivity index (χ4v) is 3.76. The van der Waals surface area contributed by atoms with Crippen LogP contribution < -0.4 is 15.0 Å². The number of benzene rings is 2. The van der Waals surface area contributed by atoms with Crippen LogP contribution in [0.3, 0.4) is 0 Å². The summed E-state index contributed by atoms with van der Waals surface area (Å²) in [6.07, 6.45) is 6.78. The topological polar surface area (TPSA) is 58.6 Å². The van der Waals surface area contributed by atoms with E-state index in [2.05, 4.69) is 12.2 Å². The lowest BCUT2D eigenvalue weighted by atomic mass is 9.94. The van der Waals surface area contributed by atoms with Crippen LogP contribution >= 0.6 is 0 Å². The highest BCUT2D eigenvalue weighted by Crippen LogP contribution is 2.33. The molecule has 0 aliphatic carbocycles. The molecule has 2 aromatic carbocycles. The van der Waals surface area contributed by atoms with Crippen LogP contribution in [0.25, 0.3) is 5.57 Å². The molecule has 5 nitrogen and oxygen atoms in total. The molecular weight excluding hydrogens is 388 g/mol. The van der Waals surface area contributed by atoms with E-state index < -0.39 is 5.92 Å². The first-order valence-electron chi connectivity index (χ1n) is 11.1. The Bertz CT molecular complexity index is 908. The van der Waals surface area contributed by atoms with Gasteiger partial charge in [0.2, 0.25) is 11.8 Å². The summed E-state index contributed by atoms with van der Waals surface area (Å²) in [4.78, 5) is 28.1. The lowest BCUT2D eigenvalue weighted by Gasteiger charge is -2.24. The van der Waals surface area contributed by atoms with Gasteiger partial charge >= 0.3 is 0 Å². The summed E-state index contributed by atoms with van der Waals surface area (Å²) in [5, 5.41) is 2.98. The van der Waals surface area contributed by atoms with Gasteiger partial charge in [-0.05, 0) is 30.2 Å². The van der Waals surface area contributed by atoms with E-state index in [-0.39, 0.29) is 11.8 Å². The summed E-state index contributed by atoms with van der Waals surface area (Å²) in [5.41, 5.74) is 2.69. The Morgan fingerprint density at radius 1 is 1.06 bits per heavy atom. The van der Waals surface area contributed by atoms with Crippen molar-refractivity contribution in [3.63, 3.8) is 0 Å². The number of nitrogens with zero attached hydrogens (tertiary/aromatic N) is 1. The first-order valence-corrected chi connectivity index (χ1v) is 11.1. The van der Waals surface area contributed by atoms with Crippen molar-refractivity contribution in [2.75, 3.05) is 25.1 Å². The van der Waals surface area contributed by atoms with Gasteiger partial charge in [0.1, 0.15) is 11.7 Å². The van der Waals surface area contributed by atoms with E-state index >= 15 is 0 Å². The highest BCUT2D eigenvalue weighted by molar-refractivity contribution is 6.09. The van der Waals surface area contributed by atoms with Crippen LogP contribution in [0.2, 0.25) is 0 Å². The third-order valence-corrected chi connectivity index (χ3v) is 5.58. The van der Waals surface area contributed by atoms with Gasteiger partial charge in [0, 0.05) is 31.3 Å². The number of rotatable bonds is 9. The van der Waals surface area contributed by atoms with Crippen LogP contribution in [0.15, 0.2) is 60.7 Å². The van der Waals surface area contributed by atoms with Crippen molar-refractivity contribution < 1.29 is 14.3 Å². The van der Waals surface area contributed by atoms with E-state index in [0.29, 0.717) is 19.6 Å². The summed E-state index contributed by atoms with van der Waals surface area (Å²) >= 11 is 0. The first kappa shape index (κ1) is 22.6. The molecule has 3 rings (SSSR count). The second kappa shape index (κ2) is 11.3. The number of hydrogen-bond donors (Lipinski definition) is 1. The van der Waals surface area contributed by atoms with Crippen LogP contribution in [0.4, 0.5) is 5.69 Å². The molecule has 0 saturated carbocycles. The number of unbranched alkanes of at least 4 members (excludes halogenated alkanes) is 3. The van der Waals surface area contributed by atoms with Crippen LogP contribution in [0, 0.1) is 5.92 Å². The molecule has 0 saturated heterocycles. The second-order valence-corrected chi connectivity index (χ2v) is 7.85. The van der Waals surface area contributed by atoms with Gasteiger partial charge in [-0.25, -0.2) is 0 Å². The largest absolute Gasteiger partial charge is 0.493 e. The fourth-order valence-electron chi connectivity index (χ4n) is 3.76. The average Bonchev–Trinajstić information content (AvgIpc) is 2.82. The Hall–Kier alpha value is -3.08. The number of carbonyl (C=O) groups excluding carboxylic acids is 2. The Morgan fingerprint density at radius 2 is 1.81 bits per heavy atom. The van der Waals surface area contributed by atoms with Crippen molar-refractivity contribution in [1.29, 1.82) is 0 Å². The number of ether oxygens (including phenoxy) is 1. The number of anilines is 1. The molecule has 0 aromatic heterocycles. The first-order chi connectivity index (χ1) is 15.1. The molecule has 164 valence electrons. The Balaban J connectivity index is 1.84. The zero-order valence-electron chi connectivity index (χ0n) is 18.5. The van der Waals surface area contributed by atoms with Crippen molar-refractivity contribution in [3.8, 4) is 5.75 Å². The fraction of sp³-hybridized carbons (Fsp3) is 0.385. The van der Waals surface area contributed by atoms with Crippen molar-refractivity contribution in [3.05, 3.63) is 66.2 Å². The lowest BCUT2D eigenvalue weighted by molar-refractivity contribution is -0.131. The van der Waals surface area contributed by atoms with E-state index in [1.807, 2.05) is 60.7 Å². The van der Waals surface area contributed by atoms with Gasteiger partial charge in [0.05, 0.1) is 6.61 Å². The van der Waals surface area contributed by atoms with Gasteiger partial charge in [0.25, 0.3) is 0 Å². The number of carbonyl (C=O) groups is 2. The summed E-state index contributed by atoms with van der Waals surface area (Å²) in [6, 6.07) is 17.2. The molecule has 0 radical (unpaired) electrons. The van der Waals surface area contributed by atoms with Crippen molar-refractivity contribution in [1.82, 2.24) is 5.32 Å². The number of fused-ring (bicyclic) bond motifs is 1. The van der Waals surface area contributed by atoms with E-state index in [4.69, 9.17) is 4.74 Å². The normalized spacial score (nSPS) is 15.0. The minimum atomic E-state index is -0.891. The summed E-state index contributed by atoms with van der Waals surface area (Å²) in [7, 11) is 1.72. The maximum absolute atomic E-state index is 13.4. The molecule has 2 aromatic rings. The molecule has 0 spiro atoms. The Labute approximate surface area is 185 Å². The molecular formula is C26H32N2O3. The molecule has 31 heavy (non-hydrogen) atoms. The van der Waals surface area contributed by atoms with Crippen LogP contribution in [0.1, 0.15) is 44.6 Å². The van der Waals surface area contributed by atoms with E-state index in [1.165, 1.54) is 0 Å². The van der Waals surface area contributed by atoms with Gasteiger partial charge in [-0.15, -0.1) is 0 Å². The third-order valence-electron chi connectivity index (χ3n) is 5.58. The molecule has 1 atom stereocenters.